The van der Waals surface area contributed by atoms with E-state index in [-0.39, 0.29) is 6.54 Å². The van der Waals surface area contributed by atoms with Gasteiger partial charge in [0.05, 0.1) is 5.56 Å². The molecule has 0 saturated carbocycles. The van der Waals surface area contributed by atoms with Crippen LogP contribution in [0.5, 0.6) is 0 Å². The minimum absolute atomic E-state index is 0.172. The molecule has 2 aromatic carbocycles. The molecule has 1 N–H and O–H groups in total. The van der Waals surface area contributed by atoms with Gasteiger partial charge >= 0.3 is 6.18 Å². The summed E-state index contributed by atoms with van der Waals surface area (Å²) in [7, 11) is 0. The van der Waals surface area contributed by atoms with Crippen LogP contribution in [-0.2, 0) is 12.7 Å². The molecular weight excluding hydrogens is 350 g/mol. The zero-order valence-corrected chi connectivity index (χ0v) is 12.6. The summed E-state index contributed by atoms with van der Waals surface area (Å²) in [5.74, 6) is -1.26. The van der Waals surface area contributed by atoms with Gasteiger partial charge in [0.2, 0.25) is 0 Å². The third kappa shape index (κ3) is 3.97. The van der Waals surface area contributed by atoms with Gasteiger partial charge in [-0.15, -0.1) is 0 Å². The predicted octanol–water partition coefficient (Wildman–Crippen LogP) is 5.53. The summed E-state index contributed by atoms with van der Waals surface area (Å²) >= 11 is 3.36. The van der Waals surface area contributed by atoms with Crippen molar-refractivity contribution < 1.29 is 17.6 Å². The zero-order valence-electron chi connectivity index (χ0n) is 11.1. The van der Waals surface area contributed by atoms with Gasteiger partial charge in [-0.3, -0.25) is 0 Å². The molecule has 0 spiro atoms. The third-order valence-corrected chi connectivity index (χ3v) is 3.63. The third-order valence-electron chi connectivity index (χ3n) is 2.94. The Morgan fingerprint density at radius 2 is 1.81 bits per heavy atom. The summed E-state index contributed by atoms with van der Waals surface area (Å²) < 4.78 is 51.9. The highest BCUT2D eigenvalue weighted by molar-refractivity contribution is 9.10. The monoisotopic (exact) mass is 361 g/mol. The number of benzene rings is 2. The molecule has 6 heteroatoms. The number of hydrogen-bond donors (Lipinski definition) is 1. The van der Waals surface area contributed by atoms with Crippen LogP contribution in [0.4, 0.5) is 23.2 Å². The number of alkyl halides is 3. The minimum Gasteiger partial charge on any atom is -0.380 e. The first-order valence-corrected chi connectivity index (χ1v) is 6.92. The van der Waals surface area contributed by atoms with Gasteiger partial charge in [0.15, 0.2) is 0 Å². The Hall–Kier alpha value is -1.56. The maximum atomic E-state index is 13.2. The molecule has 0 radical (unpaired) electrons. The minimum atomic E-state index is -4.69. The Morgan fingerprint density at radius 3 is 2.48 bits per heavy atom. The van der Waals surface area contributed by atoms with Crippen LogP contribution in [0, 0.1) is 12.7 Å². The van der Waals surface area contributed by atoms with E-state index in [1.54, 1.807) is 0 Å². The molecule has 0 atom stereocenters. The van der Waals surface area contributed by atoms with Crippen molar-refractivity contribution in [2.45, 2.75) is 19.6 Å². The number of anilines is 1. The van der Waals surface area contributed by atoms with Crippen molar-refractivity contribution in [3.8, 4) is 0 Å². The molecule has 0 amide bonds. The first kappa shape index (κ1) is 15.8. The van der Waals surface area contributed by atoms with E-state index in [0.717, 1.165) is 27.9 Å². The highest BCUT2D eigenvalue weighted by Gasteiger charge is 2.34. The summed E-state index contributed by atoms with van der Waals surface area (Å²) in [4.78, 5) is 0. The van der Waals surface area contributed by atoms with Crippen molar-refractivity contribution in [3.63, 3.8) is 0 Å². The van der Waals surface area contributed by atoms with Crippen LogP contribution in [0.1, 0.15) is 16.7 Å². The lowest BCUT2D eigenvalue weighted by atomic mass is 10.1. The van der Waals surface area contributed by atoms with E-state index in [0.29, 0.717) is 5.56 Å². The van der Waals surface area contributed by atoms with Crippen LogP contribution < -0.4 is 5.32 Å². The summed E-state index contributed by atoms with van der Waals surface area (Å²) in [6.45, 7) is 2.09. The van der Waals surface area contributed by atoms with Crippen LogP contribution in [0.3, 0.4) is 0 Å². The lowest BCUT2D eigenvalue weighted by Gasteiger charge is -2.12. The van der Waals surface area contributed by atoms with Crippen LogP contribution in [0.15, 0.2) is 40.9 Å². The fourth-order valence-electron chi connectivity index (χ4n) is 1.87. The van der Waals surface area contributed by atoms with Crippen LogP contribution in [-0.4, -0.2) is 0 Å². The molecule has 2 rings (SSSR count). The smallest absolute Gasteiger partial charge is 0.380 e. The van der Waals surface area contributed by atoms with E-state index < -0.39 is 17.6 Å². The second-order valence-electron chi connectivity index (χ2n) is 4.65. The molecule has 2 aromatic rings. The summed E-state index contributed by atoms with van der Waals surface area (Å²) in [6, 6.07) is 8.63. The van der Waals surface area contributed by atoms with Crippen LogP contribution in [0.2, 0.25) is 0 Å². The lowest BCUT2D eigenvalue weighted by Crippen LogP contribution is -2.10. The summed E-state index contributed by atoms with van der Waals surface area (Å²) in [5, 5.41) is 3.03. The molecule has 0 aliphatic heterocycles. The van der Waals surface area contributed by atoms with Gasteiger partial charge in [0, 0.05) is 16.7 Å². The van der Waals surface area contributed by atoms with E-state index in [1.807, 2.05) is 25.1 Å². The zero-order chi connectivity index (χ0) is 15.6. The Bertz CT molecular complexity index is 653. The summed E-state index contributed by atoms with van der Waals surface area (Å²) in [5.41, 5.74) is 0.908. The van der Waals surface area contributed by atoms with Crippen molar-refractivity contribution in [1.82, 2.24) is 0 Å². The van der Waals surface area contributed by atoms with E-state index in [9.17, 15) is 17.6 Å². The van der Waals surface area contributed by atoms with Crippen molar-refractivity contribution in [1.29, 1.82) is 0 Å². The highest BCUT2D eigenvalue weighted by atomic mass is 79.9. The SMILES string of the molecule is Cc1ccc(Br)c(NCc2ccc(F)c(C(F)(F)F)c2)c1. The van der Waals surface area contributed by atoms with Crippen molar-refractivity contribution in [2.75, 3.05) is 5.32 Å². The quantitative estimate of drug-likeness (QED) is 0.709. The maximum absolute atomic E-state index is 13.2. The van der Waals surface area contributed by atoms with Gasteiger partial charge in [-0.1, -0.05) is 12.1 Å². The average Bonchev–Trinajstić information content (AvgIpc) is 2.40. The standard InChI is InChI=1S/C15H12BrF4N/c1-9-2-4-12(16)14(6-9)21-8-10-3-5-13(17)11(7-10)15(18,19)20/h2-7,21H,8H2,1H3. The topological polar surface area (TPSA) is 12.0 Å². The van der Waals surface area contributed by atoms with Gasteiger partial charge in [-0.25, -0.2) is 4.39 Å². The molecule has 0 aliphatic carbocycles. The summed E-state index contributed by atoms with van der Waals surface area (Å²) in [6.07, 6.45) is -4.69. The highest BCUT2D eigenvalue weighted by Crippen LogP contribution is 2.32. The molecule has 0 aliphatic rings. The second kappa shape index (κ2) is 6.05. The fourth-order valence-corrected chi connectivity index (χ4v) is 2.26. The van der Waals surface area contributed by atoms with Gasteiger partial charge < -0.3 is 5.32 Å². The normalized spacial score (nSPS) is 11.5. The molecular formula is C15H12BrF4N. The molecule has 21 heavy (non-hydrogen) atoms. The Labute approximate surface area is 128 Å². The van der Waals surface area contributed by atoms with Gasteiger partial charge in [0.1, 0.15) is 5.82 Å². The molecule has 0 unspecified atom stereocenters. The predicted molar refractivity (Wildman–Crippen MR) is 77.6 cm³/mol. The Morgan fingerprint density at radius 1 is 1.10 bits per heavy atom. The Balaban J connectivity index is 2.19. The second-order valence-corrected chi connectivity index (χ2v) is 5.50. The first-order chi connectivity index (χ1) is 9.77. The van der Waals surface area contributed by atoms with Gasteiger partial charge in [-0.2, -0.15) is 13.2 Å². The molecule has 0 heterocycles. The van der Waals surface area contributed by atoms with E-state index in [4.69, 9.17) is 0 Å². The number of hydrogen-bond acceptors (Lipinski definition) is 1. The van der Waals surface area contributed by atoms with Crippen molar-refractivity contribution in [3.05, 3.63) is 63.4 Å². The van der Waals surface area contributed by atoms with Crippen molar-refractivity contribution >= 4 is 21.6 Å². The fraction of sp³-hybridized carbons (Fsp3) is 0.200. The Kier molecular flexibility index (Phi) is 4.56. The van der Waals surface area contributed by atoms with Gasteiger partial charge in [-0.05, 0) is 58.2 Å². The number of rotatable bonds is 3. The molecule has 0 bridgehead atoms. The number of nitrogens with one attached hydrogen (secondary N) is 1. The molecule has 1 nitrogen and oxygen atoms in total. The molecule has 112 valence electrons. The molecule has 0 saturated heterocycles. The maximum Gasteiger partial charge on any atom is 0.419 e. The van der Waals surface area contributed by atoms with E-state index >= 15 is 0 Å². The van der Waals surface area contributed by atoms with Crippen molar-refractivity contribution in [2.24, 2.45) is 0 Å². The lowest BCUT2D eigenvalue weighted by molar-refractivity contribution is -0.140. The van der Waals surface area contributed by atoms with Gasteiger partial charge in [0.25, 0.3) is 0 Å². The number of halogens is 5. The molecule has 0 aromatic heterocycles. The molecule has 0 fully saturated rings. The number of aryl methyl sites for hydroxylation is 1. The largest absolute Gasteiger partial charge is 0.419 e. The van der Waals surface area contributed by atoms with Crippen LogP contribution in [0.25, 0.3) is 0 Å². The van der Waals surface area contributed by atoms with Crippen LogP contribution >= 0.6 is 15.9 Å². The first-order valence-electron chi connectivity index (χ1n) is 6.13. The van der Waals surface area contributed by atoms with E-state index in [2.05, 4.69) is 21.2 Å². The average molecular weight is 362 g/mol. The van der Waals surface area contributed by atoms with E-state index in [1.165, 1.54) is 6.07 Å².